The lowest BCUT2D eigenvalue weighted by atomic mass is 9.33. The fourth-order valence-corrected chi connectivity index (χ4v) is 13.0. The summed E-state index contributed by atoms with van der Waals surface area (Å²) in [6, 6.07) is 8.15. The van der Waals surface area contributed by atoms with Gasteiger partial charge in [0.25, 0.3) is 0 Å². The fourth-order valence-electron chi connectivity index (χ4n) is 13.0. The van der Waals surface area contributed by atoms with Gasteiger partial charge in [0.15, 0.2) is 0 Å². The maximum atomic E-state index is 14.5. The molecule has 0 bridgehead atoms. The van der Waals surface area contributed by atoms with Crippen molar-refractivity contribution in [3.63, 3.8) is 0 Å². The molecule has 1 amide bonds. The predicted octanol–water partition coefficient (Wildman–Crippen LogP) is 9.42. The Labute approximate surface area is 313 Å². The molecule has 10 atom stereocenters. The zero-order valence-electron chi connectivity index (χ0n) is 33.8. The number of aliphatic carboxylic acids is 1. The highest BCUT2D eigenvalue weighted by Gasteiger charge is 2.69. The molecular formula is C45H67NO6. The van der Waals surface area contributed by atoms with Crippen molar-refractivity contribution in [1.29, 1.82) is 0 Å². The number of carbonyl (C=O) groups excluding carboxylic acids is 2. The average Bonchev–Trinajstić information content (AvgIpc) is 3.08. The fraction of sp³-hybridized carbons (Fsp3) is 0.756. The molecule has 1 aromatic rings. The van der Waals surface area contributed by atoms with Crippen molar-refractivity contribution in [1.82, 2.24) is 5.32 Å². The highest BCUT2D eigenvalue weighted by Crippen LogP contribution is 2.76. The first-order valence-corrected chi connectivity index (χ1v) is 20.3. The van der Waals surface area contributed by atoms with Crippen LogP contribution in [0.15, 0.2) is 35.9 Å². The second-order valence-corrected chi connectivity index (χ2v) is 19.9. The van der Waals surface area contributed by atoms with Gasteiger partial charge in [0.05, 0.1) is 24.4 Å². The first-order valence-electron chi connectivity index (χ1n) is 20.3. The summed E-state index contributed by atoms with van der Waals surface area (Å²) in [6.07, 6.45) is 12.2. The molecular weight excluding hydrogens is 650 g/mol. The van der Waals surface area contributed by atoms with E-state index >= 15 is 0 Å². The van der Waals surface area contributed by atoms with E-state index in [1.54, 1.807) is 26.5 Å². The Hall–Kier alpha value is -2.83. The summed E-state index contributed by atoms with van der Waals surface area (Å²) in [5.74, 6) is 1.88. The van der Waals surface area contributed by atoms with Crippen molar-refractivity contribution >= 4 is 17.8 Å². The molecule has 0 aliphatic heterocycles. The van der Waals surface area contributed by atoms with Gasteiger partial charge in [0.1, 0.15) is 11.9 Å². The van der Waals surface area contributed by atoms with E-state index in [-0.39, 0.29) is 51.4 Å². The van der Waals surface area contributed by atoms with Gasteiger partial charge < -0.3 is 19.9 Å². The van der Waals surface area contributed by atoms with Crippen LogP contribution in [0, 0.1) is 62.1 Å². The summed E-state index contributed by atoms with van der Waals surface area (Å²) in [7, 11) is 1.68. The summed E-state index contributed by atoms with van der Waals surface area (Å²) < 4.78 is 11.5. The van der Waals surface area contributed by atoms with E-state index in [0.29, 0.717) is 30.2 Å². The number of esters is 1. The molecule has 0 radical (unpaired) electrons. The summed E-state index contributed by atoms with van der Waals surface area (Å²) in [5, 5.41) is 13.1. The van der Waals surface area contributed by atoms with Crippen molar-refractivity contribution in [2.75, 3.05) is 13.7 Å². The van der Waals surface area contributed by atoms with Crippen LogP contribution < -0.4 is 10.1 Å². The van der Waals surface area contributed by atoms with Crippen LogP contribution in [0.2, 0.25) is 0 Å². The molecule has 0 saturated heterocycles. The minimum absolute atomic E-state index is 0.0165. The quantitative estimate of drug-likeness (QED) is 0.195. The van der Waals surface area contributed by atoms with E-state index < -0.39 is 17.4 Å². The molecule has 5 aliphatic carbocycles. The largest absolute Gasteiger partial charge is 0.497 e. The SMILES string of the molecule is COc1ccc(CCNC(=O)[C@]23CC[C@@H](C)[C@H](C)C2C2=CC[C@@H]4[C@@]5(C)CC[C@H](OC(=O)CC(C)(C)C(=O)O)C(C)(C)[C@@H]5CC[C@@]4(C)[C@]2(C)CC3)cc1. The lowest BCUT2D eigenvalue weighted by Crippen LogP contribution is -2.66. The minimum atomic E-state index is -1.15. The Morgan fingerprint density at radius 2 is 1.60 bits per heavy atom. The molecule has 2 N–H and O–H groups in total. The van der Waals surface area contributed by atoms with E-state index in [0.717, 1.165) is 70.0 Å². The van der Waals surface area contributed by atoms with Gasteiger partial charge in [-0.2, -0.15) is 0 Å². The summed E-state index contributed by atoms with van der Waals surface area (Å²) >= 11 is 0. The Bertz CT molecular complexity index is 1580. The Balaban J connectivity index is 1.24. The molecule has 1 aromatic carbocycles. The number of rotatable bonds is 9. The molecule has 0 spiro atoms. The van der Waals surface area contributed by atoms with Crippen LogP contribution >= 0.6 is 0 Å². The molecule has 0 aromatic heterocycles. The molecule has 4 saturated carbocycles. The van der Waals surface area contributed by atoms with Crippen LogP contribution in [-0.4, -0.2) is 42.7 Å². The van der Waals surface area contributed by atoms with Crippen LogP contribution in [0.3, 0.4) is 0 Å². The van der Waals surface area contributed by atoms with Crippen molar-refractivity contribution in [3.05, 3.63) is 41.5 Å². The highest BCUT2D eigenvalue weighted by atomic mass is 16.5. The van der Waals surface area contributed by atoms with Crippen molar-refractivity contribution in [2.45, 2.75) is 139 Å². The molecule has 6 rings (SSSR count). The zero-order valence-corrected chi connectivity index (χ0v) is 33.8. The van der Waals surface area contributed by atoms with E-state index in [1.807, 2.05) is 12.1 Å². The number of carboxylic acid groups (broad SMARTS) is 1. The number of methoxy groups -OCH3 is 1. The lowest BCUT2D eigenvalue weighted by Gasteiger charge is -2.71. The highest BCUT2D eigenvalue weighted by molar-refractivity contribution is 5.84. The average molecular weight is 718 g/mol. The molecule has 288 valence electrons. The van der Waals surface area contributed by atoms with Crippen molar-refractivity contribution in [2.24, 2.45) is 62.1 Å². The van der Waals surface area contributed by atoms with Gasteiger partial charge in [-0.05, 0) is 142 Å². The first kappa shape index (κ1) is 38.9. The number of carboxylic acids is 1. The van der Waals surface area contributed by atoms with Crippen LogP contribution in [0.4, 0.5) is 0 Å². The van der Waals surface area contributed by atoms with Gasteiger partial charge in [-0.1, -0.05) is 72.2 Å². The number of carbonyl (C=O) groups is 3. The Kier molecular flexibility index (Phi) is 10.1. The maximum absolute atomic E-state index is 14.5. The van der Waals surface area contributed by atoms with E-state index in [4.69, 9.17) is 9.47 Å². The molecule has 7 nitrogen and oxygen atoms in total. The molecule has 7 heteroatoms. The number of hydrogen-bond acceptors (Lipinski definition) is 5. The zero-order chi connectivity index (χ0) is 38.1. The number of ether oxygens (including phenoxy) is 2. The number of nitrogens with one attached hydrogen (secondary N) is 1. The number of amides is 1. The number of allylic oxidation sites excluding steroid dienone is 2. The number of benzene rings is 1. The maximum Gasteiger partial charge on any atom is 0.309 e. The van der Waals surface area contributed by atoms with Crippen LogP contribution in [0.5, 0.6) is 5.75 Å². The second kappa shape index (κ2) is 13.5. The Morgan fingerprint density at radius 3 is 2.25 bits per heavy atom. The van der Waals surface area contributed by atoms with Crippen LogP contribution in [0.25, 0.3) is 0 Å². The van der Waals surface area contributed by atoms with Crippen molar-refractivity contribution in [3.8, 4) is 5.75 Å². The van der Waals surface area contributed by atoms with Gasteiger partial charge in [0, 0.05) is 12.0 Å². The van der Waals surface area contributed by atoms with Gasteiger partial charge in [0.2, 0.25) is 5.91 Å². The van der Waals surface area contributed by atoms with E-state index in [2.05, 4.69) is 72.0 Å². The molecule has 0 heterocycles. The molecule has 5 aliphatic rings. The van der Waals surface area contributed by atoms with Gasteiger partial charge in [-0.15, -0.1) is 0 Å². The third-order valence-corrected chi connectivity index (χ3v) is 16.7. The monoisotopic (exact) mass is 717 g/mol. The van der Waals surface area contributed by atoms with Gasteiger partial charge in [-0.3, -0.25) is 14.4 Å². The predicted molar refractivity (Wildman–Crippen MR) is 205 cm³/mol. The van der Waals surface area contributed by atoms with Gasteiger partial charge in [-0.25, -0.2) is 0 Å². The van der Waals surface area contributed by atoms with Crippen molar-refractivity contribution < 1.29 is 29.0 Å². The third kappa shape index (κ3) is 6.03. The van der Waals surface area contributed by atoms with Crippen LogP contribution in [-0.2, 0) is 25.5 Å². The molecule has 1 unspecified atom stereocenters. The number of hydrogen-bond donors (Lipinski definition) is 2. The lowest BCUT2D eigenvalue weighted by molar-refractivity contribution is -0.214. The van der Waals surface area contributed by atoms with Crippen LogP contribution in [0.1, 0.15) is 132 Å². The Morgan fingerprint density at radius 1 is 0.904 bits per heavy atom. The summed E-state index contributed by atoms with van der Waals surface area (Å²) in [6.45, 7) is 20.9. The minimum Gasteiger partial charge on any atom is -0.497 e. The first-order chi connectivity index (χ1) is 24.3. The standard InChI is InChI=1S/C45H67NO6/c1-28-17-23-45(38(48)46-26-20-30-11-13-31(51-10)14-12-30)25-24-43(8)32(37(45)29(28)2)15-16-34-42(7)21-19-35(52-36(47)27-40(3,4)39(49)50)41(5,6)33(42)18-22-44(34,43)9/h11-15,28-29,33-35,37H,16-27H2,1-10H3,(H,46,48)(H,49,50)/t28-,29+,33+,34-,35+,37?,42+,43-,44-,45+/m1/s1. The van der Waals surface area contributed by atoms with E-state index in [9.17, 15) is 19.5 Å². The normalized spacial score (nSPS) is 39.4. The topological polar surface area (TPSA) is 102 Å². The summed E-state index contributed by atoms with van der Waals surface area (Å²) in [5.41, 5.74) is 1.25. The number of fused-ring (bicyclic) bond motifs is 7. The van der Waals surface area contributed by atoms with E-state index in [1.165, 1.54) is 5.56 Å². The summed E-state index contributed by atoms with van der Waals surface area (Å²) in [4.78, 5) is 39.4. The third-order valence-electron chi connectivity index (χ3n) is 16.7. The molecule has 4 fully saturated rings. The smallest absolute Gasteiger partial charge is 0.309 e. The second-order valence-electron chi connectivity index (χ2n) is 19.9. The van der Waals surface area contributed by atoms with Gasteiger partial charge >= 0.3 is 11.9 Å². The molecule has 52 heavy (non-hydrogen) atoms.